The molecule has 1 amide bonds. The van der Waals surface area contributed by atoms with Gasteiger partial charge in [0.1, 0.15) is 6.04 Å². The van der Waals surface area contributed by atoms with E-state index < -0.39 is 17.7 Å². The molecule has 6 heteroatoms. The Morgan fingerprint density at radius 1 is 1.44 bits per heavy atom. The summed E-state index contributed by atoms with van der Waals surface area (Å²) >= 11 is 0. The minimum atomic E-state index is -0.992. The Kier molecular flexibility index (Phi) is 3.88. The second-order valence-corrected chi connectivity index (χ2v) is 4.13. The predicted octanol–water partition coefficient (Wildman–Crippen LogP) is 1.28. The predicted molar refractivity (Wildman–Crippen MR) is 62.2 cm³/mol. The van der Waals surface area contributed by atoms with Crippen molar-refractivity contribution in [2.75, 3.05) is 18.5 Å². The molecule has 2 N–H and O–H groups in total. The van der Waals surface area contributed by atoms with Crippen molar-refractivity contribution in [2.45, 2.75) is 19.1 Å². The lowest BCUT2D eigenvalue weighted by Crippen LogP contribution is -2.53. The maximum atomic E-state index is 13.0. The SMILES string of the molecule is C[C@H]1OCCN[C@@H]1C(=O)Nc1ccc(F)c(F)c1. The molecule has 2 atom stereocenters. The van der Waals surface area contributed by atoms with Gasteiger partial charge < -0.3 is 15.4 Å². The Hall–Kier alpha value is -1.53. The van der Waals surface area contributed by atoms with Crippen LogP contribution in [0.25, 0.3) is 0 Å². The van der Waals surface area contributed by atoms with Crippen molar-refractivity contribution < 1.29 is 18.3 Å². The van der Waals surface area contributed by atoms with E-state index in [0.717, 1.165) is 12.1 Å². The summed E-state index contributed by atoms with van der Waals surface area (Å²) in [5, 5.41) is 5.53. The molecule has 0 radical (unpaired) electrons. The molecule has 0 spiro atoms. The summed E-state index contributed by atoms with van der Waals surface area (Å²) in [6.07, 6.45) is -0.260. The minimum Gasteiger partial charge on any atom is -0.375 e. The molecule has 1 aromatic rings. The van der Waals surface area contributed by atoms with Gasteiger partial charge in [-0.05, 0) is 19.1 Å². The topological polar surface area (TPSA) is 50.4 Å². The van der Waals surface area contributed by atoms with Crippen LogP contribution in [0, 0.1) is 11.6 Å². The molecule has 1 aromatic carbocycles. The molecule has 0 saturated carbocycles. The van der Waals surface area contributed by atoms with Gasteiger partial charge in [0, 0.05) is 18.3 Å². The molecule has 1 saturated heterocycles. The normalized spacial score (nSPS) is 23.7. The van der Waals surface area contributed by atoms with E-state index in [4.69, 9.17) is 4.74 Å². The highest BCUT2D eigenvalue weighted by Gasteiger charge is 2.28. The lowest BCUT2D eigenvalue weighted by atomic mass is 10.1. The van der Waals surface area contributed by atoms with Crippen LogP contribution in [0.4, 0.5) is 14.5 Å². The van der Waals surface area contributed by atoms with E-state index in [1.807, 2.05) is 0 Å². The van der Waals surface area contributed by atoms with Crippen molar-refractivity contribution in [1.82, 2.24) is 5.32 Å². The first kappa shape index (κ1) is 12.9. The molecule has 0 unspecified atom stereocenters. The largest absolute Gasteiger partial charge is 0.375 e. The molecule has 0 aliphatic carbocycles. The van der Waals surface area contributed by atoms with E-state index in [2.05, 4.69) is 10.6 Å². The van der Waals surface area contributed by atoms with E-state index in [-0.39, 0.29) is 17.7 Å². The number of nitrogens with one attached hydrogen (secondary N) is 2. The average molecular weight is 256 g/mol. The first-order valence-electron chi connectivity index (χ1n) is 5.69. The molecule has 1 aliphatic rings. The van der Waals surface area contributed by atoms with Gasteiger partial charge in [0.25, 0.3) is 0 Å². The second-order valence-electron chi connectivity index (χ2n) is 4.13. The van der Waals surface area contributed by atoms with Crippen molar-refractivity contribution in [1.29, 1.82) is 0 Å². The van der Waals surface area contributed by atoms with Crippen LogP contribution >= 0.6 is 0 Å². The van der Waals surface area contributed by atoms with Crippen molar-refractivity contribution in [3.05, 3.63) is 29.8 Å². The summed E-state index contributed by atoms with van der Waals surface area (Å²) < 4.78 is 31.0. The van der Waals surface area contributed by atoms with Crippen LogP contribution < -0.4 is 10.6 Å². The van der Waals surface area contributed by atoms with Crippen molar-refractivity contribution in [3.63, 3.8) is 0 Å². The lowest BCUT2D eigenvalue weighted by Gasteiger charge is -2.29. The molecule has 1 fully saturated rings. The third-order valence-electron chi connectivity index (χ3n) is 2.79. The van der Waals surface area contributed by atoms with E-state index in [1.165, 1.54) is 6.07 Å². The Labute approximate surface area is 103 Å². The van der Waals surface area contributed by atoms with E-state index in [9.17, 15) is 13.6 Å². The monoisotopic (exact) mass is 256 g/mol. The number of hydrogen-bond donors (Lipinski definition) is 2. The van der Waals surface area contributed by atoms with Gasteiger partial charge in [-0.2, -0.15) is 0 Å². The van der Waals surface area contributed by atoms with Crippen LogP contribution in [0.1, 0.15) is 6.92 Å². The number of morpholine rings is 1. The number of amides is 1. The first-order valence-corrected chi connectivity index (χ1v) is 5.69. The zero-order valence-corrected chi connectivity index (χ0v) is 9.87. The molecule has 1 aliphatic heterocycles. The van der Waals surface area contributed by atoms with Gasteiger partial charge in [0.15, 0.2) is 11.6 Å². The van der Waals surface area contributed by atoms with E-state index >= 15 is 0 Å². The van der Waals surface area contributed by atoms with Crippen LogP contribution in [0.15, 0.2) is 18.2 Å². The summed E-state index contributed by atoms with van der Waals surface area (Å²) in [5.74, 6) is -2.26. The van der Waals surface area contributed by atoms with Gasteiger partial charge in [0.2, 0.25) is 5.91 Å². The van der Waals surface area contributed by atoms with Gasteiger partial charge in [-0.1, -0.05) is 0 Å². The highest BCUT2D eigenvalue weighted by atomic mass is 19.2. The van der Waals surface area contributed by atoms with Crippen LogP contribution in [-0.4, -0.2) is 31.2 Å². The van der Waals surface area contributed by atoms with Crippen LogP contribution in [-0.2, 0) is 9.53 Å². The van der Waals surface area contributed by atoms with Crippen molar-refractivity contribution in [2.24, 2.45) is 0 Å². The summed E-state index contributed by atoms with van der Waals surface area (Å²) in [6, 6.07) is 2.73. The van der Waals surface area contributed by atoms with E-state index in [0.29, 0.717) is 13.2 Å². The molecule has 2 rings (SSSR count). The molecule has 1 heterocycles. The third kappa shape index (κ3) is 2.83. The Morgan fingerprint density at radius 3 is 2.89 bits per heavy atom. The number of anilines is 1. The number of ether oxygens (including phenoxy) is 1. The molecule has 4 nitrogen and oxygen atoms in total. The summed E-state index contributed by atoms with van der Waals surface area (Å²) in [7, 11) is 0. The second kappa shape index (κ2) is 5.41. The number of halogens is 2. The van der Waals surface area contributed by atoms with Gasteiger partial charge in [-0.25, -0.2) is 8.78 Å². The quantitative estimate of drug-likeness (QED) is 0.838. The van der Waals surface area contributed by atoms with Gasteiger partial charge in [-0.15, -0.1) is 0 Å². The highest BCUT2D eigenvalue weighted by molar-refractivity contribution is 5.95. The smallest absolute Gasteiger partial charge is 0.244 e. The standard InChI is InChI=1S/C12H14F2N2O2/c1-7-11(15-4-5-18-7)12(17)16-8-2-3-9(13)10(14)6-8/h2-3,6-7,11,15H,4-5H2,1H3,(H,16,17)/t7-,11+/m1/s1. The van der Waals surface area contributed by atoms with Gasteiger partial charge in [-0.3, -0.25) is 4.79 Å². The highest BCUT2D eigenvalue weighted by Crippen LogP contribution is 2.14. The fourth-order valence-corrected chi connectivity index (χ4v) is 1.82. The molecule has 0 bridgehead atoms. The number of carbonyl (C=O) groups excluding carboxylic acids is 1. The van der Waals surface area contributed by atoms with Crippen LogP contribution in [0.5, 0.6) is 0 Å². The Balaban J connectivity index is 2.04. The summed E-state index contributed by atoms with van der Waals surface area (Å²) in [6.45, 7) is 2.91. The van der Waals surface area contributed by atoms with Crippen LogP contribution in [0.2, 0.25) is 0 Å². The summed E-state index contributed by atoms with van der Waals surface area (Å²) in [5.41, 5.74) is 0.221. The van der Waals surface area contributed by atoms with Gasteiger partial charge in [0.05, 0.1) is 12.7 Å². The first-order chi connectivity index (χ1) is 8.58. The zero-order valence-electron chi connectivity index (χ0n) is 9.87. The third-order valence-corrected chi connectivity index (χ3v) is 2.79. The van der Waals surface area contributed by atoms with Crippen LogP contribution in [0.3, 0.4) is 0 Å². The number of hydrogen-bond acceptors (Lipinski definition) is 3. The molecular weight excluding hydrogens is 242 g/mol. The number of rotatable bonds is 2. The number of carbonyl (C=O) groups is 1. The molecule has 98 valence electrons. The molecule has 0 aromatic heterocycles. The maximum Gasteiger partial charge on any atom is 0.244 e. The average Bonchev–Trinajstić information content (AvgIpc) is 2.34. The molecule has 18 heavy (non-hydrogen) atoms. The maximum absolute atomic E-state index is 13.0. The number of benzene rings is 1. The van der Waals surface area contributed by atoms with Gasteiger partial charge >= 0.3 is 0 Å². The fraction of sp³-hybridized carbons (Fsp3) is 0.417. The van der Waals surface area contributed by atoms with Crippen molar-refractivity contribution >= 4 is 11.6 Å². The van der Waals surface area contributed by atoms with Crippen molar-refractivity contribution in [3.8, 4) is 0 Å². The van der Waals surface area contributed by atoms with E-state index in [1.54, 1.807) is 6.92 Å². The Bertz CT molecular complexity index is 454. The minimum absolute atomic E-state index is 0.221. The molecular formula is C12H14F2N2O2. The Morgan fingerprint density at radius 2 is 2.22 bits per heavy atom. The summed E-state index contributed by atoms with van der Waals surface area (Å²) in [4.78, 5) is 11.9. The fourth-order valence-electron chi connectivity index (χ4n) is 1.82. The lowest BCUT2D eigenvalue weighted by molar-refractivity contribution is -0.123. The zero-order chi connectivity index (χ0) is 13.1.